The Morgan fingerprint density at radius 3 is 2.38 bits per heavy atom. The molecule has 7 heteroatoms. The Morgan fingerprint density at radius 2 is 1.72 bits per heavy atom. The molecule has 6 nitrogen and oxygen atoms in total. The van der Waals surface area contributed by atoms with Gasteiger partial charge in [0.05, 0.1) is 6.54 Å². The Kier molecular flexibility index (Phi) is 9.27. The number of carbonyl (C=O) groups excluding carboxylic acids is 2. The molecule has 0 saturated carbocycles. The molecule has 0 radical (unpaired) electrons. The van der Waals surface area contributed by atoms with Gasteiger partial charge in [-0.05, 0) is 62.6 Å². The van der Waals surface area contributed by atoms with E-state index < -0.39 is 6.04 Å². The van der Waals surface area contributed by atoms with Crippen molar-refractivity contribution in [2.24, 2.45) is 5.73 Å². The van der Waals surface area contributed by atoms with E-state index in [0.717, 1.165) is 24.0 Å². The molecule has 156 valence electrons. The normalized spacial score (nSPS) is 11.7. The minimum absolute atomic E-state index is 0.0581. The number of rotatable bonds is 11. The molecule has 0 spiro atoms. The third-order valence-corrected chi connectivity index (χ3v) is 4.45. The number of aryl methyl sites for hydroxylation is 1. The number of benzene rings is 2. The van der Waals surface area contributed by atoms with Crippen molar-refractivity contribution in [2.45, 2.75) is 38.8 Å². The summed E-state index contributed by atoms with van der Waals surface area (Å²) in [5, 5.41) is 8.64. The van der Waals surface area contributed by atoms with Crippen molar-refractivity contribution < 1.29 is 14.0 Å². The van der Waals surface area contributed by atoms with Gasteiger partial charge in [-0.1, -0.05) is 29.8 Å². The molecule has 2 amide bonds. The molecule has 0 saturated heterocycles. The maximum Gasteiger partial charge on any atom is 0.246 e. The van der Waals surface area contributed by atoms with Crippen LogP contribution in [0.25, 0.3) is 0 Å². The quantitative estimate of drug-likeness (QED) is 0.436. The number of carbonyl (C=O) groups is 2. The predicted octanol–water partition coefficient (Wildman–Crippen LogP) is 2.48. The van der Waals surface area contributed by atoms with Crippen molar-refractivity contribution in [3.05, 3.63) is 65.5 Å². The summed E-state index contributed by atoms with van der Waals surface area (Å²) >= 11 is 0. The van der Waals surface area contributed by atoms with Crippen LogP contribution in [0, 0.1) is 12.7 Å². The zero-order chi connectivity index (χ0) is 21.1. The lowest BCUT2D eigenvalue weighted by atomic mass is 10.1. The number of halogens is 1. The van der Waals surface area contributed by atoms with E-state index in [2.05, 4.69) is 16.0 Å². The molecular formula is C22H29FN4O2. The van der Waals surface area contributed by atoms with Crippen LogP contribution in [0.5, 0.6) is 0 Å². The van der Waals surface area contributed by atoms with Gasteiger partial charge in [0.2, 0.25) is 11.8 Å². The first kappa shape index (κ1) is 22.5. The van der Waals surface area contributed by atoms with Crippen LogP contribution in [-0.4, -0.2) is 30.9 Å². The van der Waals surface area contributed by atoms with E-state index in [-0.39, 0.29) is 24.2 Å². The van der Waals surface area contributed by atoms with Crippen molar-refractivity contribution in [1.29, 1.82) is 0 Å². The summed E-state index contributed by atoms with van der Waals surface area (Å²) in [5.74, 6) is -0.826. The van der Waals surface area contributed by atoms with Crippen molar-refractivity contribution in [3.63, 3.8) is 0 Å². The highest BCUT2D eigenvalue weighted by molar-refractivity contribution is 5.97. The average molecular weight is 400 g/mol. The maximum absolute atomic E-state index is 12.9. The highest BCUT2D eigenvalue weighted by Crippen LogP contribution is 2.10. The largest absolute Gasteiger partial charge is 0.343 e. The summed E-state index contributed by atoms with van der Waals surface area (Å²) < 4.78 is 12.9. The van der Waals surface area contributed by atoms with E-state index in [1.54, 1.807) is 12.1 Å². The van der Waals surface area contributed by atoms with E-state index in [0.29, 0.717) is 25.2 Å². The van der Waals surface area contributed by atoms with Gasteiger partial charge < -0.3 is 21.7 Å². The summed E-state index contributed by atoms with van der Waals surface area (Å²) in [5.41, 5.74) is 8.20. The second-order valence-electron chi connectivity index (χ2n) is 6.99. The van der Waals surface area contributed by atoms with Crippen LogP contribution >= 0.6 is 0 Å². The molecule has 0 heterocycles. The van der Waals surface area contributed by atoms with Gasteiger partial charge in [0.25, 0.3) is 0 Å². The first-order valence-electron chi connectivity index (χ1n) is 9.80. The van der Waals surface area contributed by atoms with Crippen molar-refractivity contribution >= 4 is 17.5 Å². The zero-order valence-corrected chi connectivity index (χ0v) is 16.7. The summed E-state index contributed by atoms with van der Waals surface area (Å²) in [4.78, 5) is 24.9. The van der Waals surface area contributed by atoms with Gasteiger partial charge >= 0.3 is 0 Å². The number of amides is 2. The first-order valence-corrected chi connectivity index (χ1v) is 9.80. The van der Waals surface area contributed by atoms with Crippen LogP contribution < -0.4 is 21.7 Å². The van der Waals surface area contributed by atoms with Crippen molar-refractivity contribution in [2.75, 3.05) is 18.4 Å². The van der Waals surface area contributed by atoms with E-state index in [1.807, 2.05) is 31.2 Å². The lowest BCUT2D eigenvalue weighted by Gasteiger charge is -2.19. The Hall–Kier alpha value is -2.77. The Labute approximate surface area is 171 Å². The molecule has 0 aliphatic carbocycles. The summed E-state index contributed by atoms with van der Waals surface area (Å²) in [6.45, 7) is 3.00. The van der Waals surface area contributed by atoms with Gasteiger partial charge in [-0.2, -0.15) is 0 Å². The minimum Gasteiger partial charge on any atom is -0.343 e. The smallest absolute Gasteiger partial charge is 0.246 e. The number of nitrogens with two attached hydrogens (primary N) is 1. The van der Waals surface area contributed by atoms with Gasteiger partial charge in [0, 0.05) is 12.2 Å². The Bertz CT molecular complexity index is 778. The summed E-state index contributed by atoms with van der Waals surface area (Å²) in [6.07, 6.45) is 2.04. The highest BCUT2D eigenvalue weighted by atomic mass is 19.1. The van der Waals surface area contributed by atoms with Crippen LogP contribution in [0.3, 0.4) is 0 Å². The SMILES string of the molecule is Cc1ccc(NC(=O)[C@H](CCCCN)NC(=O)CNCc2ccc(F)cc2)cc1. The number of anilines is 1. The molecule has 0 aromatic heterocycles. The van der Waals surface area contributed by atoms with Crippen LogP contribution in [0.2, 0.25) is 0 Å². The summed E-state index contributed by atoms with van der Waals surface area (Å²) in [6, 6.07) is 12.9. The van der Waals surface area contributed by atoms with Gasteiger partial charge in [0.1, 0.15) is 11.9 Å². The second-order valence-corrected chi connectivity index (χ2v) is 6.99. The van der Waals surface area contributed by atoms with Crippen LogP contribution in [0.4, 0.5) is 10.1 Å². The van der Waals surface area contributed by atoms with E-state index >= 15 is 0 Å². The van der Waals surface area contributed by atoms with E-state index in [9.17, 15) is 14.0 Å². The number of nitrogens with one attached hydrogen (secondary N) is 3. The third kappa shape index (κ3) is 8.41. The molecule has 2 rings (SSSR count). The molecule has 2 aromatic carbocycles. The monoisotopic (exact) mass is 400 g/mol. The lowest BCUT2D eigenvalue weighted by molar-refractivity contribution is -0.126. The third-order valence-electron chi connectivity index (χ3n) is 4.45. The molecule has 1 atom stereocenters. The Morgan fingerprint density at radius 1 is 1.03 bits per heavy atom. The molecule has 0 fully saturated rings. The van der Waals surface area contributed by atoms with Gasteiger partial charge in [-0.15, -0.1) is 0 Å². The molecule has 0 aliphatic rings. The predicted molar refractivity (Wildman–Crippen MR) is 113 cm³/mol. The second kappa shape index (κ2) is 11.9. The highest BCUT2D eigenvalue weighted by Gasteiger charge is 2.20. The van der Waals surface area contributed by atoms with Crippen molar-refractivity contribution in [3.8, 4) is 0 Å². The number of hydrogen-bond acceptors (Lipinski definition) is 4. The van der Waals surface area contributed by atoms with Gasteiger partial charge in [-0.25, -0.2) is 4.39 Å². The number of hydrogen-bond donors (Lipinski definition) is 4. The zero-order valence-electron chi connectivity index (χ0n) is 16.7. The molecule has 0 unspecified atom stereocenters. The lowest BCUT2D eigenvalue weighted by Crippen LogP contribution is -2.46. The fourth-order valence-electron chi connectivity index (χ4n) is 2.80. The van der Waals surface area contributed by atoms with Crippen molar-refractivity contribution in [1.82, 2.24) is 10.6 Å². The van der Waals surface area contributed by atoms with Gasteiger partial charge in [0.15, 0.2) is 0 Å². The van der Waals surface area contributed by atoms with E-state index in [1.165, 1.54) is 12.1 Å². The molecule has 5 N–H and O–H groups in total. The number of unbranched alkanes of at least 4 members (excludes halogenated alkanes) is 1. The standard InChI is InChI=1S/C22H29FN4O2/c1-16-5-11-19(12-6-16)26-22(29)20(4-2-3-13-24)27-21(28)15-25-14-17-7-9-18(23)10-8-17/h5-12,20,25H,2-4,13-15,24H2,1H3,(H,26,29)(H,27,28)/t20-/m0/s1. The molecule has 2 aromatic rings. The fraction of sp³-hybridized carbons (Fsp3) is 0.364. The topological polar surface area (TPSA) is 96.2 Å². The first-order chi connectivity index (χ1) is 14.0. The molecule has 0 aliphatic heterocycles. The van der Waals surface area contributed by atoms with Crippen LogP contribution in [0.15, 0.2) is 48.5 Å². The fourth-order valence-corrected chi connectivity index (χ4v) is 2.80. The van der Waals surface area contributed by atoms with Gasteiger partial charge in [-0.3, -0.25) is 9.59 Å². The van der Waals surface area contributed by atoms with Crippen LogP contribution in [-0.2, 0) is 16.1 Å². The van der Waals surface area contributed by atoms with E-state index in [4.69, 9.17) is 5.73 Å². The molecule has 0 bridgehead atoms. The van der Waals surface area contributed by atoms with Crippen LogP contribution in [0.1, 0.15) is 30.4 Å². The molecule has 29 heavy (non-hydrogen) atoms. The maximum atomic E-state index is 12.9. The summed E-state index contributed by atoms with van der Waals surface area (Å²) in [7, 11) is 0. The average Bonchev–Trinajstić information content (AvgIpc) is 2.70. The molecular weight excluding hydrogens is 371 g/mol. The minimum atomic E-state index is -0.636. The Balaban J connectivity index is 1.86.